The molecule has 0 aliphatic heterocycles. The monoisotopic (exact) mass is 321 g/mol. The molecule has 0 saturated carbocycles. The number of methoxy groups -OCH3 is 1. The van der Waals surface area contributed by atoms with Crippen LogP contribution in [0.3, 0.4) is 0 Å². The standard InChI is InChI=1S/C18H15N3O3/c1-11-14(9-12-10-19-8-7-15(12)20-11)17(22)21-16-6-4-3-5-13(16)18(23)24-2/h3-10H,1-2H3,(H,21,22). The fraction of sp³-hybridized carbons (Fsp3) is 0.111. The normalized spacial score (nSPS) is 10.4. The number of fused-ring (bicyclic) bond motifs is 1. The van der Waals surface area contributed by atoms with E-state index in [0.717, 1.165) is 10.9 Å². The van der Waals surface area contributed by atoms with Crippen LogP contribution in [0.25, 0.3) is 10.9 Å². The van der Waals surface area contributed by atoms with Gasteiger partial charge in [-0.1, -0.05) is 12.1 Å². The Bertz CT molecular complexity index is 938. The number of ether oxygens (including phenoxy) is 1. The van der Waals surface area contributed by atoms with Crippen molar-refractivity contribution in [1.82, 2.24) is 9.97 Å². The molecule has 3 rings (SSSR count). The summed E-state index contributed by atoms with van der Waals surface area (Å²) in [5, 5.41) is 3.52. The molecule has 2 aromatic heterocycles. The lowest BCUT2D eigenvalue weighted by atomic mass is 10.1. The van der Waals surface area contributed by atoms with E-state index >= 15 is 0 Å². The van der Waals surface area contributed by atoms with E-state index in [4.69, 9.17) is 4.74 Å². The SMILES string of the molecule is COC(=O)c1ccccc1NC(=O)c1cc2cnccc2nc1C. The highest BCUT2D eigenvalue weighted by molar-refractivity contribution is 6.09. The first-order valence-corrected chi connectivity index (χ1v) is 7.30. The molecule has 1 amide bonds. The Kier molecular flexibility index (Phi) is 4.20. The fourth-order valence-corrected chi connectivity index (χ4v) is 2.41. The maximum Gasteiger partial charge on any atom is 0.339 e. The lowest BCUT2D eigenvalue weighted by molar-refractivity contribution is 0.0602. The predicted molar refractivity (Wildman–Crippen MR) is 90.0 cm³/mol. The van der Waals surface area contributed by atoms with Crippen LogP contribution < -0.4 is 5.32 Å². The molecule has 120 valence electrons. The number of rotatable bonds is 3. The number of hydrogen-bond acceptors (Lipinski definition) is 5. The Labute approximate surface area is 138 Å². The molecule has 0 bridgehead atoms. The quantitative estimate of drug-likeness (QED) is 0.750. The molecule has 24 heavy (non-hydrogen) atoms. The van der Waals surface area contributed by atoms with Gasteiger partial charge in [-0.2, -0.15) is 0 Å². The number of para-hydroxylation sites is 1. The number of esters is 1. The molecule has 0 saturated heterocycles. The molecule has 0 aliphatic carbocycles. The minimum absolute atomic E-state index is 0.293. The Morgan fingerprint density at radius 1 is 1.12 bits per heavy atom. The van der Waals surface area contributed by atoms with Crippen molar-refractivity contribution in [3.8, 4) is 0 Å². The molecule has 0 unspecified atom stereocenters. The first-order chi connectivity index (χ1) is 11.6. The number of nitrogens with zero attached hydrogens (tertiary/aromatic N) is 2. The molecule has 0 atom stereocenters. The number of anilines is 1. The van der Waals surface area contributed by atoms with E-state index in [0.29, 0.717) is 22.5 Å². The second-order valence-corrected chi connectivity index (χ2v) is 5.18. The van der Waals surface area contributed by atoms with Crippen molar-refractivity contribution < 1.29 is 14.3 Å². The molecule has 3 aromatic rings. The minimum Gasteiger partial charge on any atom is -0.465 e. The molecule has 1 aromatic carbocycles. The van der Waals surface area contributed by atoms with Gasteiger partial charge in [0.05, 0.1) is 35.1 Å². The second-order valence-electron chi connectivity index (χ2n) is 5.18. The largest absolute Gasteiger partial charge is 0.465 e. The number of pyridine rings is 2. The summed E-state index contributed by atoms with van der Waals surface area (Å²) in [6.07, 6.45) is 3.31. The van der Waals surface area contributed by atoms with E-state index in [2.05, 4.69) is 15.3 Å². The molecule has 0 radical (unpaired) electrons. The number of carbonyl (C=O) groups excluding carboxylic acids is 2. The van der Waals surface area contributed by atoms with Crippen molar-refractivity contribution in [2.45, 2.75) is 6.92 Å². The zero-order valence-electron chi connectivity index (χ0n) is 13.2. The zero-order chi connectivity index (χ0) is 17.1. The summed E-state index contributed by atoms with van der Waals surface area (Å²) in [7, 11) is 1.30. The van der Waals surface area contributed by atoms with Crippen molar-refractivity contribution in [2.75, 3.05) is 12.4 Å². The fourth-order valence-electron chi connectivity index (χ4n) is 2.41. The summed E-state index contributed by atoms with van der Waals surface area (Å²) in [5.74, 6) is -0.856. The highest BCUT2D eigenvalue weighted by Gasteiger charge is 2.16. The van der Waals surface area contributed by atoms with Gasteiger partial charge in [-0.3, -0.25) is 14.8 Å². The van der Waals surface area contributed by atoms with Crippen LogP contribution in [0, 0.1) is 6.92 Å². The Morgan fingerprint density at radius 3 is 2.71 bits per heavy atom. The van der Waals surface area contributed by atoms with Crippen molar-refractivity contribution in [3.63, 3.8) is 0 Å². The van der Waals surface area contributed by atoms with Gasteiger partial charge < -0.3 is 10.1 Å². The van der Waals surface area contributed by atoms with Gasteiger partial charge in [0.2, 0.25) is 0 Å². The van der Waals surface area contributed by atoms with Gasteiger partial charge in [0, 0.05) is 17.8 Å². The van der Waals surface area contributed by atoms with Gasteiger partial charge in [0.25, 0.3) is 5.91 Å². The summed E-state index contributed by atoms with van der Waals surface area (Å²) >= 11 is 0. The number of aromatic nitrogens is 2. The van der Waals surface area contributed by atoms with Gasteiger partial charge >= 0.3 is 5.97 Å². The third-order valence-corrected chi connectivity index (χ3v) is 3.63. The predicted octanol–water partition coefficient (Wildman–Crippen LogP) is 2.98. The maximum absolute atomic E-state index is 12.6. The topological polar surface area (TPSA) is 81.2 Å². The molecular weight excluding hydrogens is 306 g/mol. The highest BCUT2D eigenvalue weighted by Crippen LogP contribution is 2.20. The van der Waals surface area contributed by atoms with E-state index in [1.165, 1.54) is 7.11 Å². The molecule has 1 N–H and O–H groups in total. The maximum atomic E-state index is 12.6. The molecule has 0 fully saturated rings. The average Bonchev–Trinajstić information content (AvgIpc) is 2.60. The third kappa shape index (κ3) is 2.94. The number of carbonyl (C=O) groups is 2. The first kappa shape index (κ1) is 15.6. The van der Waals surface area contributed by atoms with E-state index in [1.807, 2.05) is 0 Å². The van der Waals surface area contributed by atoms with E-state index < -0.39 is 5.97 Å². The van der Waals surface area contributed by atoms with Crippen molar-refractivity contribution in [3.05, 3.63) is 65.6 Å². The first-order valence-electron chi connectivity index (χ1n) is 7.30. The lowest BCUT2D eigenvalue weighted by Gasteiger charge is -2.11. The summed E-state index contributed by atoms with van der Waals surface area (Å²) < 4.78 is 4.73. The molecule has 0 spiro atoms. The Hall–Kier alpha value is -3.28. The Balaban J connectivity index is 1.96. The van der Waals surface area contributed by atoms with Gasteiger partial charge in [-0.15, -0.1) is 0 Å². The van der Waals surface area contributed by atoms with E-state index in [-0.39, 0.29) is 5.91 Å². The summed E-state index contributed by atoms with van der Waals surface area (Å²) in [6.45, 7) is 1.76. The van der Waals surface area contributed by atoms with Gasteiger partial charge in [0.1, 0.15) is 0 Å². The molecule has 6 heteroatoms. The number of benzene rings is 1. The molecule has 0 aliphatic rings. The third-order valence-electron chi connectivity index (χ3n) is 3.63. The van der Waals surface area contributed by atoms with Crippen LogP contribution in [0.15, 0.2) is 48.8 Å². The van der Waals surface area contributed by atoms with Gasteiger partial charge in [-0.05, 0) is 31.2 Å². The smallest absolute Gasteiger partial charge is 0.339 e. The van der Waals surface area contributed by atoms with Crippen LogP contribution in [0.2, 0.25) is 0 Å². The van der Waals surface area contributed by atoms with Crippen LogP contribution in [0.4, 0.5) is 5.69 Å². The van der Waals surface area contributed by atoms with E-state index in [9.17, 15) is 9.59 Å². The van der Waals surface area contributed by atoms with Crippen LogP contribution in [0.1, 0.15) is 26.4 Å². The van der Waals surface area contributed by atoms with Crippen LogP contribution in [0.5, 0.6) is 0 Å². The van der Waals surface area contributed by atoms with Crippen molar-refractivity contribution in [1.29, 1.82) is 0 Å². The van der Waals surface area contributed by atoms with Crippen LogP contribution in [-0.2, 0) is 4.74 Å². The van der Waals surface area contributed by atoms with Crippen molar-refractivity contribution >= 4 is 28.5 Å². The number of aryl methyl sites for hydroxylation is 1. The molecular formula is C18H15N3O3. The average molecular weight is 321 g/mol. The van der Waals surface area contributed by atoms with Gasteiger partial charge in [-0.25, -0.2) is 4.79 Å². The lowest BCUT2D eigenvalue weighted by Crippen LogP contribution is -2.17. The van der Waals surface area contributed by atoms with Crippen LogP contribution >= 0.6 is 0 Å². The minimum atomic E-state index is -0.511. The Morgan fingerprint density at radius 2 is 1.92 bits per heavy atom. The highest BCUT2D eigenvalue weighted by atomic mass is 16.5. The number of nitrogens with one attached hydrogen (secondary N) is 1. The molecule has 6 nitrogen and oxygen atoms in total. The van der Waals surface area contributed by atoms with Crippen molar-refractivity contribution in [2.24, 2.45) is 0 Å². The summed E-state index contributed by atoms with van der Waals surface area (Å²) in [4.78, 5) is 32.9. The number of hydrogen-bond donors (Lipinski definition) is 1. The van der Waals surface area contributed by atoms with Crippen LogP contribution in [-0.4, -0.2) is 29.0 Å². The van der Waals surface area contributed by atoms with Gasteiger partial charge in [0.15, 0.2) is 0 Å². The van der Waals surface area contributed by atoms with E-state index in [1.54, 1.807) is 55.7 Å². The zero-order valence-corrected chi connectivity index (χ0v) is 13.2. The summed E-state index contributed by atoms with van der Waals surface area (Å²) in [5.41, 5.74) is 2.48. The number of amides is 1. The summed E-state index contributed by atoms with van der Waals surface area (Å²) in [6, 6.07) is 10.2. The second kappa shape index (κ2) is 6.45. The molecule has 2 heterocycles.